The highest BCUT2D eigenvalue weighted by Crippen LogP contribution is 2.34. The second kappa shape index (κ2) is 9.41. The largest absolute Gasteiger partial charge is 0.425 e. The molecule has 6 nitrogen and oxygen atoms in total. The van der Waals surface area contributed by atoms with Gasteiger partial charge in [0.25, 0.3) is 0 Å². The number of aromatic amines is 1. The van der Waals surface area contributed by atoms with Crippen molar-refractivity contribution >= 4 is 28.5 Å². The lowest BCUT2D eigenvalue weighted by Gasteiger charge is -2.28. The van der Waals surface area contributed by atoms with Gasteiger partial charge in [0.1, 0.15) is 5.75 Å². The van der Waals surface area contributed by atoms with Gasteiger partial charge in [-0.3, -0.25) is 0 Å². The van der Waals surface area contributed by atoms with Gasteiger partial charge in [0.05, 0.1) is 29.4 Å². The average molecular weight is 483 g/mol. The first-order valence-corrected chi connectivity index (χ1v) is 11.9. The van der Waals surface area contributed by atoms with Crippen LogP contribution in [0, 0.1) is 0 Å². The molecule has 5 aromatic rings. The van der Waals surface area contributed by atoms with Crippen molar-refractivity contribution in [2.24, 2.45) is 0 Å². The van der Waals surface area contributed by atoms with Crippen LogP contribution in [0.1, 0.15) is 0 Å². The van der Waals surface area contributed by atoms with Crippen LogP contribution in [-0.2, 0) is 4.74 Å². The number of pyridine rings is 1. The van der Waals surface area contributed by atoms with Gasteiger partial charge in [0.2, 0.25) is 0 Å². The van der Waals surface area contributed by atoms with Gasteiger partial charge in [-0.05, 0) is 29.8 Å². The molecule has 35 heavy (non-hydrogen) atoms. The van der Waals surface area contributed by atoms with E-state index in [1.54, 1.807) is 0 Å². The number of halogens is 1. The van der Waals surface area contributed by atoms with Gasteiger partial charge in [-0.25, -0.2) is 4.98 Å². The first-order valence-electron chi connectivity index (χ1n) is 11.6. The van der Waals surface area contributed by atoms with Gasteiger partial charge < -0.3 is 19.4 Å². The normalized spacial score (nSPS) is 13.8. The van der Waals surface area contributed by atoms with Crippen molar-refractivity contribution in [2.45, 2.75) is 0 Å². The van der Waals surface area contributed by atoms with Crippen LogP contribution in [-0.4, -0.2) is 41.3 Å². The molecule has 1 saturated heterocycles. The molecule has 0 radical (unpaired) electrons. The summed E-state index contributed by atoms with van der Waals surface area (Å²) in [6, 6.07) is 28.5. The maximum absolute atomic E-state index is 6.62. The number of nitrogens with one attached hydrogen (secondary N) is 1. The lowest BCUT2D eigenvalue weighted by molar-refractivity contribution is 0.122. The smallest absolute Gasteiger partial charge is 0.301 e. The number of rotatable bonds is 5. The van der Waals surface area contributed by atoms with E-state index >= 15 is 0 Å². The molecule has 0 amide bonds. The topological polar surface area (TPSA) is 63.3 Å². The molecule has 7 heteroatoms. The average Bonchev–Trinajstić information content (AvgIpc) is 3.30. The molecule has 0 aliphatic carbocycles. The Morgan fingerprint density at radius 3 is 2.37 bits per heavy atom. The van der Waals surface area contributed by atoms with E-state index in [2.05, 4.69) is 39.1 Å². The Balaban J connectivity index is 1.29. The van der Waals surface area contributed by atoms with E-state index in [0.717, 1.165) is 48.5 Å². The summed E-state index contributed by atoms with van der Waals surface area (Å²) in [4.78, 5) is 14.8. The summed E-state index contributed by atoms with van der Waals surface area (Å²) in [5.74, 6) is 0.711. The van der Waals surface area contributed by atoms with Gasteiger partial charge in [-0.2, -0.15) is 4.98 Å². The number of benzene rings is 3. The second-order valence-corrected chi connectivity index (χ2v) is 8.75. The Kier molecular flexibility index (Phi) is 5.82. The summed E-state index contributed by atoms with van der Waals surface area (Å²) in [5, 5.41) is 0.552. The molecule has 1 aliphatic rings. The van der Waals surface area contributed by atoms with E-state index in [0.29, 0.717) is 28.1 Å². The lowest BCUT2D eigenvalue weighted by atomic mass is 10.1. The molecule has 0 bridgehead atoms. The van der Waals surface area contributed by atoms with Gasteiger partial charge in [0.15, 0.2) is 5.65 Å². The van der Waals surface area contributed by atoms with Crippen molar-refractivity contribution < 1.29 is 9.47 Å². The SMILES string of the molecule is Clc1cc2[nH]c(Oc3ccccc3-c3ccccc3)nc2nc1-c1ccc(N2CCOCC2)cc1. The quantitative estimate of drug-likeness (QED) is 0.307. The summed E-state index contributed by atoms with van der Waals surface area (Å²) < 4.78 is 11.6. The molecular formula is C28H23ClN4O2. The van der Waals surface area contributed by atoms with Crippen LogP contribution >= 0.6 is 11.6 Å². The predicted molar refractivity (Wildman–Crippen MR) is 139 cm³/mol. The molecule has 0 atom stereocenters. The zero-order valence-corrected chi connectivity index (χ0v) is 19.7. The van der Waals surface area contributed by atoms with Crippen LogP contribution < -0.4 is 9.64 Å². The van der Waals surface area contributed by atoms with E-state index in [-0.39, 0.29) is 0 Å². The number of anilines is 1. The van der Waals surface area contributed by atoms with E-state index in [4.69, 9.17) is 26.1 Å². The van der Waals surface area contributed by atoms with Crippen LogP contribution in [0.2, 0.25) is 5.02 Å². The highest BCUT2D eigenvalue weighted by atomic mass is 35.5. The zero-order valence-electron chi connectivity index (χ0n) is 18.9. The standard InChI is InChI=1S/C28H23ClN4O2/c29-23-18-24-27(31-26(23)20-10-12-21(13-11-20)33-14-16-34-17-15-33)32-28(30-24)35-25-9-5-4-8-22(25)19-6-2-1-3-7-19/h1-13,18H,14-17H2,(H,30,31,32). The molecule has 6 rings (SSSR count). The highest BCUT2D eigenvalue weighted by molar-refractivity contribution is 6.33. The molecule has 1 N–H and O–H groups in total. The van der Waals surface area contributed by atoms with Crippen LogP contribution in [0.15, 0.2) is 84.9 Å². The number of hydrogen-bond acceptors (Lipinski definition) is 5. The second-order valence-electron chi connectivity index (χ2n) is 8.34. The van der Waals surface area contributed by atoms with Crippen LogP contribution in [0.5, 0.6) is 11.8 Å². The fourth-order valence-electron chi connectivity index (χ4n) is 4.31. The van der Waals surface area contributed by atoms with Crippen molar-refractivity contribution in [1.29, 1.82) is 0 Å². The van der Waals surface area contributed by atoms with Crippen LogP contribution in [0.3, 0.4) is 0 Å². The molecule has 3 aromatic carbocycles. The van der Waals surface area contributed by atoms with Crippen molar-refractivity contribution in [3.63, 3.8) is 0 Å². The number of para-hydroxylation sites is 1. The van der Waals surface area contributed by atoms with Gasteiger partial charge in [-0.1, -0.05) is 72.3 Å². The molecular weight excluding hydrogens is 460 g/mol. The first kappa shape index (κ1) is 21.6. The molecule has 0 spiro atoms. The van der Waals surface area contributed by atoms with Crippen LogP contribution in [0.4, 0.5) is 5.69 Å². The highest BCUT2D eigenvalue weighted by Gasteiger charge is 2.15. The molecule has 0 unspecified atom stereocenters. The van der Waals surface area contributed by atoms with Crippen LogP contribution in [0.25, 0.3) is 33.5 Å². The zero-order chi connectivity index (χ0) is 23.6. The minimum absolute atomic E-state index is 0.367. The Labute approximate surface area is 208 Å². The Morgan fingerprint density at radius 1 is 0.829 bits per heavy atom. The number of ether oxygens (including phenoxy) is 2. The van der Waals surface area contributed by atoms with Crippen molar-refractivity contribution in [3.05, 3.63) is 90.0 Å². The van der Waals surface area contributed by atoms with E-state index in [9.17, 15) is 0 Å². The third-order valence-corrected chi connectivity index (χ3v) is 6.39. The molecule has 2 aromatic heterocycles. The number of imidazole rings is 1. The van der Waals surface area contributed by atoms with Gasteiger partial charge in [0, 0.05) is 29.9 Å². The number of aromatic nitrogens is 3. The third kappa shape index (κ3) is 4.46. The molecule has 174 valence electrons. The third-order valence-electron chi connectivity index (χ3n) is 6.10. The fraction of sp³-hybridized carbons (Fsp3) is 0.143. The molecule has 0 saturated carbocycles. The maximum atomic E-state index is 6.62. The number of H-pyrrole nitrogens is 1. The summed E-state index contributed by atoms with van der Waals surface area (Å²) in [6.45, 7) is 3.30. The maximum Gasteiger partial charge on any atom is 0.301 e. The number of morpholine rings is 1. The minimum atomic E-state index is 0.367. The van der Waals surface area contributed by atoms with Gasteiger partial charge >= 0.3 is 6.01 Å². The summed E-state index contributed by atoms with van der Waals surface area (Å²) in [6.07, 6.45) is 0. The van der Waals surface area contributed by atoms with Crippen molar-refractivity contribution in [2.75, 3.05) is 31.2 Å². The molecule has 1 fully saturated rings. The van der Waals surface area contributed by atoms with Gasteiger partial charge in [-0.15, -0.1) is 0 Å². The first-order chi connectivity index (χ1) is 17.2. The predicted octanol–water partition coefficient (Wildman–Crippen LogP) is 6.57. The number of nitrogens with zero attached hydrogens (tertiary/aromatic N) is 3. The van der Waals surface area contributed by atoms with Crippen molar-refractivity contribution in [1.82, 2.24) is 15.0 Å². The molecule has 3 heterocycles. The van der Waals surface area contributed by atoms with E-state index in [1.807, 2.05) is 60.7 Å². The Bertz CT molecular complexity index is 1460. The summed E-state index contributed by atoms with van der Waals surface area (Å²) >= 11 is 6.62. The summed E-state index contributed by atoms with van der Waals surface area (Å²) in [7, 11) is 0. The monoisotopic (exact) mass is 482 g/mol. The Hall–Kier alpha value is -3.87. The van der Waals surface area contributed by atoms with E-state index < -0.39 is 0 Å². The lowest BCUT2D eigenvalue weighted by Crippen LogP contribution is -2.36. The fourth-order valence-corrected chi connectivity index (χ4v) is 4.57. The molecule has 1 aliphatic heterocycles. The minimum Gasteiger partial charge on any atom is -0.425 e. The summed E-state index contributed by atoms with van der Waals surface area (Å²) in [5.41, 5.74) is 6.12. The number of fused-ring (bicyclic) bond motifs is 1. The van der Waals surface area contributed by atoms with Crippen molar-refractivity contribution in [3.8, 4) is 34.1 Å². The van der Waals surface area contributed by atoms with E-state index in [1.165, 1.54) is 5.69 Å². The Morgan fingerprint density at radius 2 is 1.57 bits per heavy atom. The number of hydrogen-bond donors (Lipinski definition) is 1.